The van der Waals surface area contributed by atoms with Crippen molar-refractivity contribution in [2.75, 3.05) is 24.7 Å². The van der Waals surface area contributed by atoms with Crippen molar-refractivity contribution in [3.05, 3.63) is 34.9 Å². The molecule has 2 nitrogen and oxygen atoms in total. The molecular formula is C11H14ClNOS. The smallest absolute Gasteiger partial charge is 0.0521 e. The van der Waals surface area contributed by atoms with Crippen molar-refractivity contribution in [1.82, 2.24) is 0 Å². The summed E-state index contributed by atoms with van der Waals surface area (Å²) in [6.45, 7) is 1.03. The Morgan fingerprint density at radius 1 is 1.27 bits per heavy atom. The number of rotatable bonds is 6. The van der Waals surface area contributed by atoms with Crippen LogP contribution in [-0.2, 0) is 0 Å². The molecule has 0 spiro atoms. The lowest BCUT2D eigenvalue weighted by molar-refractivity contribution is 0.322. The predicted octanol–water partition coefficient (Wildman–Crippen LogP) is 2.48. The molecule has 0 aliphatic heterocycles. The van der Waals surface area contributed by atoms with E-state index in [1.807, 2.05) is 30.5 Å². The Hall–Kier alpha value is -0.510. The monoisotopic (exact) mass is 243 g/mol. The SMILES string of the molecule is OCCSCCN=Cc1ccc(Cl)cc1. The Balaban J connectivity index is 2.23. The molecule has 4 heteroatoms. The highest BCUT2D eigenvalue weighted by Gasteiger charge is 1.88. The molecule has 0 unspecified atom stereocenters. The number of aliphatic hydroxyl groups excluding tert-OH is 1. The first-order valence-electron chi connectivity index (χ1n) is 4.77. The summed E-state index contributed by atoms with van der Waals surface area (Å²) in [5.41, 5.74) is 1.06. The average Bonchev–Trinajstić information content (AvgIpc) is 2.26. The van der Waals surface area contributed by atoms with E-state index in [9.17, 15) is 0 Å². The zero-order valence-electron chi connectivity index (χ0n) is 8.40. The summed E-state index contributed by atoms with van der Waals surface area (Å²) < 4.78 is 0. The molecule has 1 aromatic carbocycles. The van der Waals surface area contributed by atoms with Crippen LogP contribution in [0.5, 0.6) is 0 Å². The molecule has 82 valence electrons. The van der Waals surface area contributed by atoms with Gasteiger partial charge in [0.05, 0.1) is 6.61 Å². The molecule has 1 rings (SSSR count). The molecule has 0 radical (unpaired) electrons. The van der Waals surface area contributed by atoms with Gasteiger partial charge in [-0.15, -0.1) is 0 Å². The highest BCUT2D eigenvalue weighted by Crippen LogP contribution is 2.07. The molecule has 0 heterocycles. The van der Waals surface area contributed by atoms with Gasteiger partial charge >= 0.3 is 0 Å². The summed E-state index contributed by atoms with van der Waals surface area (Å²) >= 11 is 7.46. The maximum atomic E-state index is 8.56. The van der Waals surface area contributed by atoms with E-state index in [1.165, 1.54) is 0 Å². The number of aliphatic hydroxyl groups is 1. The molecule has 0 aliphatic carbocycles. The van der Waals surface area contributed by atoms with Crippen molar-refractivity contribution in [3.8, 4) is 0 Å². The molecule has 0 bridgehead atoms. The Labute approximate surface area is 99.4 Å². The number of hydrogen-bond acceptors (Lipinski definition) is 3. The van der Waals surface area contributed by atoms with Crippen LogP contribution in [0.4, 0.5) is 0 Å². The van der Waals surface area contributed by atoms with Crippen LogP contribution < -0.4 is 0 Å². The van der Waals surface area contributed by atoms with Crippen molar-refractivity contribution >= 4 is 29.6 Å². The van der Waals surface area contributed by atoms with Gasteiger partial charge in [-0.2, -0.15) is 11.8 Å². The molecule has 0 amide bonds. The van der Waals surface area contributed by atoms with E-state index in [0.29, 0.717) is 0 Å². The summed E-state index contributed by atoms with van der Waals surface area (Å²) in [5.74, 6) is 1.74. The Bertz CT molecular complexity index is 300. The van der Waals surface area contributed by atoms with Crippen LogP contribution in [0.3, 0.4) is 0 Å². The summed E-state index contributed by atoms with van der Waals surface area (Å²) in [6, 6.07) is 7.58. The standard InChI is InChI=1S/C11H14ClNOS/c12-11-3-1-10(2-4-11)9-13-5-7-15-8-6-14/h1-4,9,14H,5-8H2. The number of halogens is 1. The molecule has 0 aliphatic rings. The highest BCUT2D eigenvalue weighted by atomic mass is 35.5. The maximum Gasteiger partial charge on any atom is 0.0521 e. The van der Waals surface area contributed by atoms with Gasteiger partial charge in [0.2, 0.25) is 0 Å². The van der Waals surface area contributed by atoms with Crippen LogP contribution in [0.25, 0.3) is 0 Å². The van der Waals surface area contributed by atoms with E-state index in [4.69, 9.17) is 16.7 Å². The zero-order chi connectivity index (χ0) is 10.9. The number of aliphatic imine (C=N–C) groups is 1. The topological polar surface area (TPSA) is 32.6 Å². The molecule has 1 N–H and O–H groups in total. The molecule has 1 aromatic rings. The highest BCUT2D eigenvalue weighted by molar-refractivity contribution is 7.99. The van der Waals surface area contributed by atoms with E-state index < -0.39 is 0 Å². The van der Waals surface area contributed by atoms with Gasteiger partial charge in [0, 0.05) is 29.3 Å². The molecule has 0 aromatic heterocycles. The van der Waals surface area contributed by atoms with Crippen molar-refractivity contribution < 1.29 is 5.11 Å². The van der Waals surface area contributed by atoms with Crippen molar-refractivity contribution in [2.24, 2.45) is 4.99 Å². The van der Waals surface area contributed by atoms with Gasteiger partial charge < -0.3 is 5.11 Å². The lowest BCUT2D eigenvalue weighted by Gasteiger charge is -1.95. The maximum absolute atomic E-state index is 8.56. The van der Waals surface area contributed by atoms with Gasteiger partial charge in [-0.3, -0.25) is 4.99 Å². The van der Waals surface area contributed by atoms with Gasteiger partial charge in [0.15, 0.2) is 0 Å². The molecule has 0 saturated carbocycles. The summed E-state index contributed by atoms with van der Waals surface area (Å²) in [7, 11) is 0. The fourth-order valence-corrected chi connectivity index (χ4v) is 1.70. The number of benzene rings is 1. The normalized spacial score (nSPS) is 11.1. The average molecular weight is 244 g/mol. The first kappa shape index (κ1) is 12.6. The van der Waals surface area contributed by atoms with Gasteiger partial charge in [-0.05, 0) is 17.7 Å². The first-order valence-corrected chi connectivity index (χ1v) is 6.30. The first-order chi connectivity index (χ1) is 7.33. The number of hydrogen-bond donors (Lipinski definition) is 1. The Morgan fingerprint density at radius 3 is 2.67 bits per heavy atom. The van der Waals surface area contributed by atoms with Gasteiger partial charge in [0.25, 0.3) is 0 Å². The predicted molar refractivity (Wildman–Crippen MR) is 68.3 cm³/mol. The van der Waals surface area contributed by atoms with E-state index in [-0.39, 0.29) is 6.61 Å². The lowest BCUT2D eigenvalue weighted by atomic mass is 10.2. The van der Waals surface area contributed by atoms with Gasteiger partial charge in [-0.25, -0.2) is 0 Å². The van der Waals surface area contributed by atoms with E-state index in [1.54, 1.807) is 11.8 Å². The third kappa shape index (κ3) is 5.82. The van der Waals surface area contributed by atoms with Crippen molar-refractivity contribution in [1.29, 1.82) is 0 Å². The summed E-state index contributed by atoms with van der Waals surface area (Å²) in [5, 5.41) is 9.30. The minimum atomic E-state index is 0.242. The van der Waals surface area contributed by atoms with Crippen LogP contribution in [0, 0.1) is 0 Å². The third-order valence-electron chi connectivity index (χ3n) is 1.71. The minimum Gasteiger partial charge on any atom is -0.396 e. The fourth-order valence-electron chi connectivity index (χ4n) is 1.00. The van der Waals surface area contributed by atoms with Crippen LogP contribution in [0.1, 0.15) is 5.56 Å². The van der Waals surface area contributed by atoms with Crippen molar-refractivity contribution in [2.45, 2.75) is 0 Å². The third-order valence-corrected chi connectivity index (χ3v) is 2.91. The number of thioether (sulfide) groups is 1. The van der Waals surface area contributed by atoms with E-state index in [0.717, 1.165) is 28.6 Å². The molecule has 0 saturated heterocycles. The second-order valence-corrected chi connectivity index (χ2v) is 4.58. The molecular weight excluding hydrogens is 230 g/mol. The molecule has 0 fully saturated rings. The summed E-state index contributed by atoms with van der Waals surface area (Å²) in [6.07, 6.45) is 1.84. The second-order valence-electron chi connectivity index (χ2n) is 2.92. The van der Waals surface area contributed by atoms with Crippen LogP contribution >= 0.6 is 23.4 Å². The van der Waals surface area contributed by atoms with Crippen LogP contribution in [0.15, 0.2) is 29.3 Å². The lowest BCUT2D eigenvalue weighted by Crippen LogP contribution is -1.92. The van der Waals surface area contributed by atoms with E-state index >= 15 is 0 Å². The van der Waals surface area contributed by atoms with E-state index in [2.05, 4.69) is 4.99 Å². The largest absolute Gasteiger partial charge is 0.396 e. The van der Waals surface area contributed by atoms with Gasteiger partial charge in [-0.1, -0.05) is 23.7 Å². The zero-order valence-corrected chi connectivity index (χ0v) is 9.97. The fraction of sp³-hybridized carbons (Fsp3) is 0.364. The quantitative estimate of drug-likeness (QED) is 0.615. The Morgan fingerprint density at radius 2 is 2.00 bits per heavy atom. The number of nitrogens with zero attached hydrogens (tertiary/aromatic N) is 1. The van der Waals surface area contributed by atoms with Crippen LogP contribution in [-0.4, -0.2) is 36.0 Å². The molecule has 15 heavy (non-hydrogen) atoms. The van der Waals surface area contributed by atoms with Gasteiger partial charge in [0.1, 0.15) is 0 Å². The Kier molecular flexibility index (Phi) is 6.48. The summed E-state index contributed by atoms with van der Waals surface area (Å²) in [4.78, 5) is 4.27. The second kappa shape index (κ2) is 7.74. The van der Waals surface area contributed by atoms with Crippen LogP contribution in [0.2, 0.25) is 5.02 Å². The molecule has 0 atom stereocenters. The minimum absolute atomic E-state index is 0.242. The van der Waals surface area contributed by atoms with Crippen molar-refractivity contribution in [3.63, 3.8) is 0 Å².